The number of methoxy groups -OCH3 is 1. The minimum absolute atomic E-state index is 0.237. The number of rotatable bonds is 7. The number of ether oxygens (including phenoxy) is 3. The number of hydrogen-bond acceptors (Lipinski definition) is 4. The van der Waals surface area contributed by atoms with Crippen molar-refractivity contribution in [3.8, 4) is 11.5 Å². The maximum Gasteiger partial charge on any atom is 0.119 e. The summed E-state index contributed by atoms with van der Waals surface area (Å²) in [6, 6.07) is 7.71. The average Bonchev–Trinajstić information content (AvgIpc) is 2.89. The topological polar surface area (TPSA) is 39.7 Å². The molecule has 1 heterocycles. The highest BCUT2D eigenvalue weighted by Gasteiger charge is 2.34. The molecule has 1 unspecified atom stereocenters. The molecule has 4 heteroatoms. The predicted octanol–water partition coefficient (Wildman–Crippen LogP) is 2.09. The van der Waals surface area contributed by atoms with Crippen LogP contribution in [0.2, 0.25) is 0 Å². The maximum absolute atomic E-state index is 5.80. The van der Waals surface area contributed by atoms with Gasteiger partial charge in [0.05, 0.1) is 20.3 Å². The lowest BCUT2D eigenvalue weighted by atomic mass is 9.84. The summed E-state index contributed by atoms with van der Waals surface area (Å²) < 4.78 is 16.5. The smallest absolute Gasteiger partial charge is 0.119 e. The Kier molecular flexibility index (Phi) is 5.05. The molecule has 1 aliphatic rings. The molecule has 1 saturated heterocycles. The first-order valence-electron chi connectivity index (χ1n) is 6.77. The largest absolute Gasteiger partial charge is 0.497 e. The van der Waals surface area contributed by atoms with E-state index in [0.717, 1.165) is 50.7 Å². The first-order chi connectivity index (χ1) is 9.28. The highest BCUT2D eigenvalue weighted by atomic mass is 16.5. The van der Waals surface area contributed by atoms with E-state index in [9.17, 15) is 0 Å². The van der Waals surface area contributed by atoms with Crippen molar-refractivity contribution in [2.24, 2.45) is 5.41 Å². The Morgan fingerprint density at radius 1 is 1.26 bits per heavy atom. The van der Waals surface area contributed by atoms with Crippen LogP contribution in [0.4, 0.5) is 0 Å². The van der Waals surface area contributed by atoms with Gasteiger partial charge in [-0.1, -0.05) is 0 Å². The summed E-state index contributed by atoms with van der Waals surface area (Å²) in [6.45, 7) is 3.40. The SMILES string of the molecule is CNCC1(CCOc2ccc(OC)cc2)CCOC1. The predicted molar refractivity (Wildman–Crippen MR) is 74.9 cm³/mol. The van der Waals surface area contributed by atoms with Crippen molar-refractivity contribution in [1.82, 2.24) is 5.32 Å². The monoisotopic (exact) mass is 265 g/mol. The number of hydrogen-bond donors (Lipinski definition) is 1. The second-order valence-electron chi connectivity index (χ2n) is 5.11. The van der Waals surface area contributed by atoms with Gasteiger partial charge in [0.15, 0.2) is 0 Å². The van der Waals surface area contributed by atoms with Crippen LogP contribution in [0, 0.1) is 5.41 Å². The van der Waals surface area contributed by atoms with Crippen LogP contribution in [0.15, 0.2) is 24.3 Å². The Hall–Kier alpha value is -1.26. The van der Waals surface area contributed by atoms with E-state index in [2.05, 4.69) is 5.32 Å². The third-order valence-electron chi connectivity index (χ3n) is 3.70. The van der Waals surface area contributed by atoms with Crippen LogP contribution in [0.5, 0.6) is 11.5 Å². The standard InChI is InChI=1S/C15H23NO3/c1-16-11-15(7-9-18-12-15)8-10-19-14-5-3-13(17-2)4-6-14/h3-6,16H,7-12H2,1-2H3. The van der Waals surface area contributed by atoms with Crippen LogP contribution in [0.3, 0.4) is 0 Å². The number of benzene rings is 1. The lowest BCUT2D eigenvalue weighted by Crippen LogP contribution is -2.34. The molecule has 0 bridgehead atoms. The number of nitrogens with one attached hydrogen (secondary N) is 1. The highest BCUT2D eigenvalue weighted by molar-refractivity contribution is 5.31. The zero-order valence-corrected chi connectivity index (χ0v) is 11.8. The molecule has 1 N–H and O–H groups in total. The minimum atomic E-state index is 0.237. The van der Waals surface area contributed by atoms with Crippen LogP contribution in [-0.2, 0) is 4.74 Å². The third kappa shape index (κ3) is 3.85. The van der Waals surface area contributed by atoms with Crippen LogP contribution < -0.4 is 14.8 Å². The summed E-state index contributed by atoms with van der Waals surface area (Å²) in [6.07, 6.45) is 2.12. The Morgan fingerprint density at radius 3 is 2.58 bits per heavy atom. The lowest BCUT2D eigenvalue weighted by Gasteiger charge is -2.26. The third-order valence-corrected chi connectivity index (χ3v) is 3.70. The van der Waals surface area contributed by atoms with E-state index in [1.165, 1.54) is 0 Å². The van der Waals surface area contributed by atoms with E-state index in [4.69, 9.17) is 14.2 Å². The molecule has 0 saturated carbocycles. The summed E-state index contributed by atoms with van der Waals surface area (Å²) in [4.78, 5) is 0. The van der Waals surface area contributed by atoms with Crippen molar-refractivity contribution in [1.29, 1.82) is 0 Å². The molecule has 2 rings (SSSR count). The summed E-state index contributed by atoms with van der Waals surface area (Å²) >= 11 is 0. The van der Waals surface area contributed by atoms with E-state index < -0.39 is 0 Å². The molecule has 106 valence electrons. The minimum Gasteiger partial charge on any atom is -0.497 e. The van der Waals surface area contributed by atoms with Gasteiger partial charge >= 0.3 is 0 Å². The molecule has 19 heavy (non-hydrogen) atoms. The molecule has 0 amide bonds. The van der Waals surface area contributed by atoms with Gasteiger partial charge in [0.2, 0.25) is 0 Å². The normalized spacial score (nSPS) is 22.4. The zero-order valence-electron chi connectivity index (χ0n) is 11.8. The fourth-order valence-corrected chi connectivity index (χ4v) is 2.51. The van der Waals surface area contributed by atoms with E-state index in [-0.39, 0.29) is 5.41 Å². The fraction of sp³-hybridized carbons (Fsp3) is 0.600. The molecule has 0 aliphatic carbocycles. The average molecular weight is 265 g/mol. The van der Waals surface area contributed by atoms with Gasteiger partial charge < -0.3 is 19.5 Å². The van der Waals surface area contributed by atoms with Crippen LogP contribution >= 0.6 is 0 Å². The van der Waals surface area contributed by atoms with Gasteiger partial charge in [0.1, 0.15) is 11.5 Å². The molecule has 1 aliphatic heterocycles. The van der Waals surface area contributed by atoms with Gasteiger partial charge in [-0.25, -0.2) is 0 Å². The van der Waals surface area contributed by atoms with Gasteiger partial charge in [-0.2, -0.15) is 0 Å². The van der Waals surface area contributed by atoms with Gasteiger partial charge in [-0.15, -0.1) is 0 Å². The van der Waals surface area contributed by atoms with E-state index in [1.54, 1.807) is 7.11 Å². The second-order valence-corrected chi connectivity index (χ2v) is 5.11. The molecule has 1 atom stereocenters. The second kappa shape index (κ2) is 6.78. The molecule has 0 aromatic heterocycles. The van der Waals surface area contributed by atoms with Gasteiger partial charge in [-0.05, 0) is 44.2 Å². The summed E-state index contributed by atoms with van der Waals surface area (Å²) in [5, 5.41) is 3.26. The Balaban J connectivity index is 1.81. The molecular weight excluding hydrogens is 242 g/mol. The van der Waals surface area contributed by atoms with E-state index in [1.807, 2.05) is 31.3 Å². The lowest BCUT2D eigenvalue weighted by molar-refractivity contribution is 0.130. The van der Waals surface area contributed by atoms with Gasteiger partial charge in [0.25, 0.3) is 0 Å². The Bertz CT molecular complexity index is 371. The molecular formula is C15H23NO3. The molecule has 1 fully saturated rings. The van der Waals surface area contributed by atoms with Crippen LogP contribution in [-0.4, -0.2) is 40.5 Å². The van der Waals surface area contributed by atoms with Gasteiger partial charge in [0, 0.05) is 18.6 Å². The van der Waals surface area contributed by atoms with E-state index in [0.29, 0.717) is 0 Å². The van der Waals surface area contributed by atoms with Crippen LogP contribution in [0.1, 0.15) is 12.8 Å². The van der Waals surface area contributed by atoms with Crippen molar-refractivity contribution in [3.05, 3.63) is 24.3 Å². The molecule has 0 radical (unpaired) electrons. The van der Waals surface area contributed by atoms with Crippen molar-refractivity contribution >= 4 is 0 Å². The fourth-order valence-electron chi connectivity index (χ4n) is 2.51. The quantitative estimate of drug-likeness (QED) is 0.819. The van der Waals surface area contributed by atoms with Gasteiger partial charge in [-0.3, -0.25) is 0 Å². The van der Waals surface area contributed by atoms with Crippen LogP contribution in [0.25, 0.3) is 0 Å². The molecule has 4 nitrogen and oxygen atoms in total. The Morgan fingerprint density at radius 2 is 2.00 bits per heavy atom. The highest BCUT2D eigenvalue weighted by Crippen LogP contribution is 2.32. The molecule has 0 spiro atoms. The summed E-state index contributed by atoms with van der Waals surface area (Å²) in [5.41, 5.74) is 0.237. The maximum atomic E-state index is 5.80. The van der Waals surface area contributed by atoms with Crippen molar-refractivity contribution in [2.75, 3.05) is 40.5 Å². The van der Waals surface area contributed by atoms with Crippen molar-refractivity contribution in [2.45, 2.75) is 12.8 Å². The first-order valence-corrected chi connectivity index (χ1v) is 6.77. The van der Waals surface area contributed by atoms with Crippen molar-refractivity contribution in [3.63, 3.8) is 0 Å². The summed E-state index contributed by atoms with van der Waals surface area (Å²) in [7, 11) is 3.65. The summed E-state index contributed by atoms with van der Waals surface area (Å²) in [5.74, 6) is 1.74. The first kappa shape index (κ1) is 14.2. The molecule has 1 aromatic carbocycles. The zero-order chi connectivity index (χ0) is 13.6. The van der Waals surface area contributed by atoms with Crippen molar-refractivity contribution < 1.29 is 14.2 Å². The Labute approximate surface area is 115 Å². The van der Waals surface area contributed by atoms with E-state index >= 15 is 0 Å². The molecule has 1 aromatic rings.